The van der Waals surface area contributed by atoms with Gasteiger partial charge in [-0.25, -0.2) is 18.1 Å². The summed E-state index contributed by atoms with van der Waals surface area (Å²) >= 11 is 0. The normalized spacial score (nSPS) is 16.8. The summed E-state index contributed by atoms with van der Waals surface area (Å²) in [5, 5.41) is 3.24. The molecule has 21 heavy (non-hydrogen) atoms. The number of hydrogen-bond donors (Lipinski definition) is 2. The van der Waals surface area contributed by atoms with Crippen molar-refractivity contribution < 1.29 is 13.2 Å². The zero-order valence-electron chi connectivity index (χ0n) is 12.2. The average Bonchev–Trinajstić information content (AvgIpc) is 2.52. The predicted molar refractivity (Wildman–Crippen MR) is 80.7 cm³/mol. The molecule has 2 N–H and O–H groups in total. The van der Waals surface area contributed by atoms with Crippen molar-refractivity contribution >= 4 is 10.0 Å². The lowest BCUT2D eigenvalue weighted by atomic mass is 10.3. The molecule has 8 heteroatoms. The lowest BCUT2D eigenvalue weighted by Crippen LogP contribution is -2.45. The molecule has 0 saturated carbocycles. The van der Waals surface area contributed by atoms with E-state index in [0.717, 1.165) is 31.7 Å². The van der Waals surface area contributed by atoms with Gasteiger partial charge in [0.1, 0.15) is 0 Å². The van der Waals surface area contributed by atoms with Crippen LogP contribution in [-0.4, -0.2) is 63.9 Å². The SMILES string of the molecule is COc1cc(CNS(=O)(=O)CCN2CCNCC2)ccn1. The van der Waals surface area contributed by atoms with Crippen LogP contribution in [0.3, 0.4) is 0 Å². The van der Waals surface area contributed by atoms with Crippen molar-refractivity contribution in [2.45, 2.75) is 6.54 Å². The van der Waals surface area contributed by atoms with E-state index in [1.807, 2.05) is 0 Å². The van der Waals surface area contributed by atoms with Crippen molar-refractivity contribution in [3.05, 3.63) is 23.9 Å². The first kappa shape index (κ1) is 16.2. The Morgan fingerprint density at radius 2 is 2.19 bits per heavy atom. The van der Waals surface area contributed by atoms with Crippen molar-refractivity contribution in [2.24, 2.45) is 0 Å². The number of ether oxygens (including phenoxy) is 1. The lowest BCUT2D eigenvalue weighted by Gasteiger charge is -2.26. The number of nitrogens with one attached hydrogen (secondary N) is 2. The zero-order chi connectivity index (χ0) is 15.1. The summed E-state index contributed by atoms with van der Waals surface area (Å²) in [5.41, 5.74) is 0.826. The minimum absolute atomic E-state index is 0.120. The third-order valence-electron chi connectivity index (χ3n) is 3.39. The second kappa shape index (κ2) is 7.69. The van der Waals surface area contributed by atoms with Gasteiger partial charge in [-0.3, -0.25) is 4.90 Å². The number of aromatic nitrogens is 1. The van der Waals surface area contributed by atoms with Gasteiger partial charge in [-0.15, -0.1) is 0 Å². The van der Waals surface area contributed by atoms with E-state index in [2.05, 4.69) is 19.9 Å². The third-order valence-corrected chi connectivity index (χ3v) is 4.69. The number of piperazine rings is 1. The van der Waals surface area contributed by atoms with Gasteiger partial charge in [-0.2, -0.15) is 0 Å². The van der Waals surface area contributed by atoms with Gasteiger partial charge in [-0.1, -0.05) is 0 Å². The van der Waals surface area contributed by atoms with E-state index in [0.29, 0.717) is 12.4 Å². The van der Waals surface area contributed by atoms with Crippen LogP contribution in [0, 0.1) is 0 Å². The van der Waals surface area contributed by atoms with Crippen LogP contribution in [0.5, 0.6) is 5.88 Å². The molecule has 0 spiro atoms. The van der Waals surface area contributed by atoms with E-state index < -0.39 is 10.0 Å². The molecular formula is C13H22N4O3S. The molecular weight excluding hydrogens is 292 g/mol. The zero-order valence-corrected chi connectivity index (χ0v) is 13.0. The maximum atomic E-state index is 12.0. The van der Waals surface area contributed by atoms with E-state index in [1.54, 1.807) is 18.3 Å². The molecule has 1 fully saturated rings. The van der Waals surface area contributed by atoms with Gasteiger partial charge in [0.2, 0.25) is 15.9 Å². The second-order valence-corrected chi connectivity index (χ2v) is 6.86. The molecule has 0 aliphatic carbocycles. The van der Waals surface area contributed by atoms with Crippen molar-refractivity contribution in [1.82, 2.24) is 19.9 Å². The lowest BCUT2D eigenvalue weighted by molar-refractivity contribution is 0.253. The van der Waals surface area contributed by atoms with Gasteiger partial charge < -0.3 is 10.1 Å². The number of sulfonamides is 1. The predicted octanol–water partition coefficient (Wildman–Crippen LogP) is -0.585. The van der Waals surface area contributed by atoms with Crippen molar-refractivity contribution in [1.29, 1.82) is 0 Å². The van der Waals surface area contributed by atoms with E-state index in [1.165, 1.54) is 7.11 Å². The monoisotopic (exact) mass is 314 g/mol. The molecule has 0 atom stereocenters. The van der Waals surface area contributed by atoms with Crippen LogP contribution in [0.25, 0.3) is 0 Å². The van der Waals surface area contributed by atoms with E-state index in [-0.39, 0.29) is 12.3 Å². The molecule has 1 saturated heterocycles. The summed E-state index contributed by atoms with van der Waals surface area (Å²) in [6, 6.07) is 3.49. The second-order valence-electron chi connectivity index (χ2n) is 4.94. The number of nitrogens with zero attached hydrogens (tertiary/aromatic N) is 2. The Morgan fingerprint density at radius 1 is 1.43 bits per heavy atom. The van der Waals surface area contributed by atoms with Gasteiger partial charge >= 0.3 is 0 Å². The Hall–Kier alpha value is -1.22. The van der Waals surface area contributed by atoms with Crippen LogP contribution < -0.4 is 14.8 Å². The molecule has 0 unspecified atom stereocenters. The quantitative estimate of drug-likeness (QED) is 0.700. The fraction of sp³-hybridized carbons (Fsp3) is 0.615. The molecule has 7 nitrogen and oxygen atoms in total. The number of pyridine rings is 1. The van der Waals surface area contributed by atoms with E-state index >= 15 is 0 Å². The van der Waals surface area contributed by atoms with Crippen molar-refractivity contribution in [3.8, 4) is 5.88 Å². The molecule has 118 valence electrons. The van der Waals surface area contributed by atoms with E-state index in [4.69, 9.17) is 4.74 Å². The van der Waals surface area contributed by atoms with Crippen LogP contribution in [0.2, 0.25) is 0 Å². The van der Waals surface area contributed by atoms with Gasteiger partial charge in [0.15, 0.2) is 0 Å². The van der Waals surface area contributed by atoms with Gasteiger partial charge in [-0.05, 0) is 11.6 Å². The Kier molecular flexibility index (Phi) is 5.92. The number of hydrogen-bond acceptors (Lipinski definition) is 6. The summed E-state index contributed by atoms with van der Waals surface area (Å²) in [6.45, 7) is 4.46. The van der Waals surface area contributed by atoms with E-state index in [9.17, 15) is 8.42 Å². The molecule has 2 rings (SSSR count). The van der Waals surface area contributed by atoms with Gasteiger partial charge in [0, 0.05) is 51.5 Å². The Balaban J connectivity index is 1.80. The molecule has 0 bridgehead atoms. The Morgan fingerprint density at radius 3 is 2.90 bits per heavy atom. The molecule has 0 aromatic carbocycles. The first-order chi connectivity index (χ1) is 10.1. The number of rotatable bonds is 7. The van der Waals surface area contributed by atoms with Gasteiger partial charge in [0.05, 0.1) is 12.9 Å². The Labute approximate surface area is 125 Å². The van der Waals surface area contributed by atoms with Crippen LogP contribution in [0.1, 0.15) is 5.56 Å². The van der Waals surface area contributed by atoms with Crippen LogP contribution in [-0.2, 0) is 16.6 Å². The van der Waals surface area contributed by atoms with Crippen LogP contribution >= 0.6 is 0 Å². The summed E-state index contributed by atoms with van der Waals surface area (Å²) in [4.78, 5) is 6.15. The fourth-order valence-corrected chi connectivity index (χ4v) is 3.15. The standard InChI is InChI=1S/C13H22N4O3S/c1-20-13-10-12(2-3-15-13)11-16-21(18,19)9-8-17-6-4-14-5-7-17/h2-3,10,14,16H,4-9,11H2,1H3. The largest absolute Gasteiger partial charge is 0.481 e. The third kappa shape index (κ3) is 5.58. The summed E-state index contributed by atoms with van der Waals surface area (Å²) in [5.74, 6) is 0.599. The first-order valence-corrected chi connectivity index (χ1v) is 8.63. The molecule has 0 radical (unpaired) electrons. The minimum atomic E-state index is -3.27. The first-order valence-electron chi connectivity index (χ1n) is 6.98. The maximum absolute atomic E-state index is 12.0. The summed E-state index contributed by atoms with van der Waals surface area (Å²) in [6.07, 6.45) is 1.60. The fourth-order valence-electron chi connectivity index (χ4n) is 2.12. The van der Waals surface area contributed by atoms with Crippen molar-refractivity contribution in [2.75, 3.05) is 45.6 Å². The highest BCUT2D eigenvalue weighted by atomic mass is 32.2. The molecule has 1 aromatic heterocycles. The molecule has 2 heterocycles. The highest BCUT2D eigenvalue weighted by Crippen LogP contribution is 2.08. The van der Waals surface area contributed by atoms with Crippen LogP contribution in [0.15, 0.2) is 18.3 Å². The smallest absolute Gasteiger partial charge is 0.213 e. The highest BCUT2D eigenvalue weighted by molar-refractivity contribution is 7.89. The topological polar surface area (TPSA) is 83.6 Å². The highest BCUT2D eigenvalue weighted by Gasteiger charge is 2.15. The maximum Gasteiger partial charge on any atom is 0.213 e. The Bertz CT molecular complexity index is 544. The molecule has 0 amide bonds. The van der Waals surface area contributed by atoms with Crippen molar-refractivity contribution in [3.63, 3.8) is 0 Å². The number of methoxy groups -OCH3 is 1. The minimum Gasteiger partial charge on any atom is -0.481 e. The molecule has 1 aliphatic rings. The molecule has 1 aromatic rings. The van der Waals surface area contributed by atoms with Crippen LogP contribution in [0.4, 0.5) is 0 Å². The summed E-state index contributed by atoms with van der Waals surface area (Å²) in [7, 11) is -1.74. The summed E-state index contributed by atoms with van der Waals surface area (Å²) < 4.78 is 31.6. The molecule has 1 aliphatic heterocycles. The van der Waals surface area contributed by atoms with Gasteiger partial charge in [0.25, 0.3) is 0 Å². The average molecular weight is 314 g/mol.